The Morgan fingerprint density at radius 2 is 1.61 bits per heavy atom. The maximum atomic E-state index is 13.5. The molecule has 57 heavy (non-hydrogen) atoms. The molecule has 11 heteroatoms. The summed E-state index contributed by atoms with van der Waals surface area (Å²) in [5, 5.41) is 0. The summed E-state index contributed by atoms with van der Waals surface area (Å²) in [5.41, 5.74) is 4.21. The summed E-state index contributed by atoms with van der Waals surface area (Å²) in [5.74, 6) is -0.157. The van der Waals surface area contributed by atoms with Crippen molar-refractivity contribution in [1.29, 1.82) is 0 Å². The van der Waals surface area contributed by atoms with Crippen molar-refractivity contribution in [2.75, 3.05) is 57.8 Å². The van der Waals surface area contributed by atoms with Crippen molar-refractivity contribution in [3.63, 3.8) is 0 Å². The van der Waals surface area contributed by atoms with Crippen molar-refractivity contribution in [1.82, 2.24) is 9.80 Å². The fourth-order valence-electron chi connectivity index (χ4n) is 10.9. The highest BCUT2D eigenvalue weighted by Crippen LogP contribution is 2.67. The molecule has 5 aliphatic rings. The molecule has 1 heterocycles. The van der Waals surface area contributed by atoms with Crippen LogP contribution in [0.25, 0.3) is 0 Å². The minimum Gasteiger partial charge on any atom is -0.457 e. The molecule has 5 atom stereocenters. The zero-order valence-electron chi connectivity index (χ0n) is 35.5. The molecule has 3 fully saturated rings. The van der Waals surface area contributed by atoms with Gasteiger partial charge in [0.05, 0.1) is 0 Å². The molecule has 0 N–H and O–H groups in total. The summed E-state index contributed by atoms with van der Waals surface area (Å²) in [7, 11) is 2.15. The Bertz CT molecular complexity index is 1750. The van der Waals surface area contributed by atoms with E-state index in [1.54, 1.807) is 32.6 Å². The molecule has 6 rings (SSSR count). The van der Waals surface area contributed by atoms with Crippen molar-refractivity contribution in [2.45, 2.75) is 129 Å². The van der Waals surface area contributed by atoms with Gasteiger partial charge in [0.1, 0.15) is 5.60 Å². The molecule has 11 nitrogen and oxygen atoms in total. The number of carbonyl (C=O) groups is 5. The Labute approximate surface area is 339 Å². The Morgan fingerprint density at radius 3 is 2.28 bits per heavy atom. The van der Waals surface area contributed by atoms with Gasteiger partial charge in [0, 0.05) is 70.1 Å². The number of carbonyl (C=O) groups excluding carboxylic acids is 5. The summed E-state index contributed by atoms with van der Waals surface area (Å²) in [6.45, 7) is 14.9. The Morgan fingerprint density at radius 1 is 0.912 bits per heavy atom. The number of amides is 1. The van der Waals surface area contributed by atoms with Gasteiger partial charge in [-0.3, -0.25) is 19.3 Å². The van der Waals surface area contributed by atoms with Gasteiger partial charge >= 0.3 is 18.0 Å². The Kier molecular flexibility index (Phi) is 13.1. The second kappa shape index (κ2) is 17.5. The molecular formula is C46H65N3O8. The van der Waals surface area contributed by atoms with Crippen LogP contribution in [0.4, 0.5) is 10.5 Å². The first-order valence-corrected chi connectivity index (χ1v) is 21.4. The third-order valence-electron chi connectivity index (χ3n) is 13.6. The largest absolute Gasteiger partial charge is 0.457 e. The van der Waals surface area contributed by atoms with E-state index in [4.69, 9.17) is 14.2 Å². The first-order chi connectivity index (χ1) is 27.0. The zero-order valence-corrected chi connectivity index (χ0v) is 35.5. The van der Waals surface area contributed by atoms with E-state index in [0.29, 0.717) is 31.8 Å². The maximum absolute atomic E-state index is 13.5. The average molecular weight is 788 g/mol. The van der Waals surface area contributed by atoms with Crippen LogP contribution in [-0.2, 0) is 33.4 Å². The Hall–Kier alpha value is -3.99. The molecule has 0 unspecified atom stereocenters. The number of rotatable bonds is 13. The molecule has 2 saturated carbocycles. The predicted octanol–water partition coefficient (Wildman–Crippen LogP) is 7.57. The summed E-state index contributed by atoms with van der Waals surface area (Å²) in [6, 6.07) is 8.96. The highest BCUT2D eigenvalue weighted by Gasteiger charge is 2.67. The van der Waals surface area contributed by atoms with Gasteiger partial charge in [0.15, 0.2) is 23.8 Å². The van der Waals surface area contributed by atoms with Gasteiger partial charge in [-0.05, 0) is 132 Å². The smallest absolute Gasteiger partial charge is 0.410 e. The van der Waals surface area contributed by atoms with Crippen molar-refractivity contribution in [2.24, 2.45) is 17.3 Å². The van der Waals surface area contributed by atoms with Crippen LogP contribution >= 0.6 is 0 Å². The number of unbranched alkanes of at least 4 members (excludes halogenated alkanes) is 3. The van der Waals surface area contributed by atoms with Gasteiger partial charge < -0.3 is 24.0 Å². The number of hydrogen-bond donors (Lipinski definition) is 0. The van der Waals surface area contributed by atoms with Crippen LogP contribution in [0.15, 0.2) is 47.1 Å². The number of anilines is 1. The van der Waals surface area contributed by atoms with Crippen LogP contribution in [0.5, 0.6) is 0 Å². The topological polar surface area (TPSA) is 123 Å². The lowest BCUT2D eigenvalue weighted by molar-refractivity contribution is -0.182. The van der Waals surface area contributed by atoms with Gasteiger partial charge in [0.2, 0.25) is 0 Å². The minimum atomic E-state index is -1.12. The quantitative estimate of drug-likeness (QED) is 0.112. The minimum absolute atomic E-state index is 0.0505. The van der Waals surface area contributed by atoms with E-state index < -0.39 is 34.6 Å². The molecule has 1 aliphatic heterocycles. The molecule has 1 aromatic rings. The number of esters is 2. The predicted molar refractivity (Wildman–Crippen MR) is 219 cm³/mol. The molecule has 1 aromatic carbocycles. The highest BCUT2D eigenvalue weighted by atomic mass is 16.6. The average Bonchev–Trinajstić information content (AvgIpc) is 3.46. The lowest BCUT2D eigenvalue weighted by atomic mass is 9.50. The van der Waals surface area contributed by atoms with Gasteiger partial charge in [-0.1, -0.05) is 37.5 Å². The fraction of sp³-hybridized carbons (Fsp3) is 0.674. The van der Waals surface area contributed by atoms with Crippen LogP contribution < -0.4 is 4.90 Å². The van der Waals surface area contributed by atoms with Crippen molar-refractivity contribution < 1.29 is 38.2 Å². The van der Waals surface area contributed by atoms with E-state index >= 15 is 0 Å². The van der Waals surface area contributed by atoms with E-state index in [9.17, 15) is 24.0 Å². The lowest BCUT2D eigenvalue weighted by Gasteiger charge is -2.55. The number of Topliss-reactive ketones (excluding diaryl/α,β-unsaturated/α-hetero) is 1. The third-order valence-corrected chi connectivity index (χ3v) is 13.6. The molecular weight excluding hydrogens is 723 g/mol. The van der Waals surface area contributed by atoms with E-state index in [0.717, 1.165) is 84.0 Å². The van der Waals surface area contributed by atoms with Crippen molar-refractivity contribution in [3.8, 4) is 0 Å². The van der Waals surface area contributed by atoms with Gasteiger partial charge in [0.25, 0.3) is 0 Å². The normalized spacial score (nSPS) is 27.5. The molecule has 312 valence electrons. The molecule has 4 aliphatic carbocycles. The lowest BCUT2D eigenvalue weighted by Crippen LogP contribution is -2.57. The molecule has 0 aromatic heterocycles. The van der Waals surface area contributed by atoms with E-state index in [2.05, 4.69) is 48.0 Å². The van der Waals surface area contributed by atoms with Crippen molar-refractivity contribution >= 4 is 35.3 Å². The monoisotopic (exact) mass is 787 g/mol. The van der Waals surface area contributed by atoms with Crippen LogP contribution in [-0.4, -0.2) is 104 Å². The first kappa shape index (κ1) is 42.6. The van der Waals surface area contributed by atoms with Gasteiger partial charge in [-0.25, -0.2) is 9.59 Å². The number of ketones is 2. The molecule has 0 radical (unpaired) electrons. The van der Waals surface area contributed by atoms with E-state index in [-0.39, 0.29) is 30.0 Å². The van der Waals surface area contributed by atoms with E-state index in [1.807, 2.05) is 6.08 Å². The highest BCUT2D eigenvalue weighted by molar-refractivity contribution is 5.93. The second-order valence-electron chi connectivity index (χ2n) is 18.4. The number of piperazine rings is 1. The maximum Gasteiger partial charge on any atom is 0.410 e. The Balaban J connectivity index is 1.01. The van der Waals surface area contributed by atoms with Crippen LogP contribution in [0.3, 0.4) is 0 Å². The SMILES string of the molecule is CC(=O)O[C@]1(C(C)=O)CC[C@H]2[C@@H]3CCC4=CC(=O)CCC4=C3[C@@H](c3ccc(N(C)CCCCCCN4CCN(C(=O)OCC(=O)OC(C)(C)C)CC4)cc3)C[C@@]21C. The number of fused-ring (bicyclic) bond motifs is 4. The van der Waals surface area contributed by atoms with Crippen LogP contribution in [0, 0.1) is 17.3 Å². The first-order valence-electron chi connectivity index (χ1n) is 21.4. The third kappa shape index (κ3) is 9.34. The standard InChI is InChI=1S/C46H65N3O8/c1-31(50)46(56-32(2)51)21-20-40-38-18-14-34-28-36(52)17-19-37(34)42(38)39(29-45(40,46)6)33-12-15-35(16-13-33)47(7)22-10-8-9-11-23-48-24-26-49(27-25-48)43(54)55-30-41(53)57-44(3,4)5/h12-13,15-16,28,38-40H,8-11,14,17-27,29-30H2,1-7H3/t38-,39+,40-,45-,46-/m0/s1. The van der Waals surface area contributed by atoms with Crippen molar-refractivity contribution in [3.05, 3.63) is 52.6 Å². The fourth-order valence-corrected chi connectivity index (χ4v) is 10.9. The second-order valence-corrected chi connectivity index (χ2v) is 18.4. The molecule has 1 amide bonds. The summed E-state index contributed by atoms with van der Waals surface area (Å²) >= 11 is 0. The number of hydrogen-bond acceptors (Lipinski definition) is 10. The summed E-state index contributed by atoms with van der Waals surface area (Å²) in [6.07, 6.45) is 11.2. The van der Waals surface area contributed by atoms with Crippen LogP contribution in [0.1, 0.15) is 124 Å². The van der Waals surface area contributed by atoms with Gasteiger partial charge in [-0.15, -0.1) is 0 Å². The number of benzene rings is 1. The number of allylic oxidation sites excluding steroid dienone is 4. The number of ether oxygens (including phenoxy) is 3. The number of nitrogens with zero attached hydrogens (tertiary/aromatic N) is 3. The van der Waals surface area contributed by atoms with Crippen LogP contribution in [0.2, 0.25) is 0 Å². The molecule has 1 saturated heterocycles. The molecule has 0 bridgehead atoms. The molecule has 0 spiro atoms. The summed E-state index contributed by atoms with van der Waals surface area (Å²) in [4.78, 5) is 69.2. The van der Waals surface area contributed by atoms with E-state index in [1.165, 1.54) is 34.9 Å². The van der Waals surface area contributed by atoms with Gasteiger partial charge in [-0.2, -0.15) is 0 Å². The summed E-state index contributed by atoms with van der Waals surface area (Å²) < 4.78 is 16.5. The zero-order chi connectivity index (χ0) is 41.1.